The highest BCUT2D eigenvalue weighted by Gasteiger charge is 2.11. The molecule has 0 saturated carbocycles. The van der Waals surface area contributed by atoms with E-state index in [9.17, 15) is 10.1 Å². The molecule has 6 nitrogen and oxygen atoms in total. The molecule has 3 rings (SSSR count). The molecule has 1 N–H and O–H groups in total. The highest BCUT2D eigenvalue weighted by Crippen LogP contribution is 2.24. The summed E-state index contributed by atoms with van der Waals surface area (Å²) in [7, 11) is 3.11. The number of carbonyl (C=O) groups is 1. The van der Waals surface area contributed by atoms with E-state index in [4.69, 9.17) is 25.8 Å². The molecule has 0 aromatic heterocycles. The Hall–Kier alpha value is -3.95. The van der Waals surface area contributed by atoms with E-state index in [0.29, 0.717) is 34.4 Å². The summed E-state index contributed by atoms with van der Waals surface area (Å²) < 4.78 is 16.3. The van der Waals surface area contributed by atoms with Crippen LogP contribution in [-0.2, 0) is 17.9 Å². The molecule has 3 aromatic rings. The summed E-state index contributed by atoms with van der Waals surface area (Å²) in [6.45, 7) is 0.621. The summed E-state index contributed by atoms with van der Waals surface area (Å²) in [5, 5.41) is 12.9. The Kier molecular flexibility index (Phi) is 8.34. The van der Waals surface area contributed by atoms with Crippen LogP contribution < -0.4 is 19.5 Å². The highest BCUT2D eigenvalue weighted by atomic mass is 35.5. The molecule has 0 aliphatic heterocycles. The summed E-state index contributed by atoms with van der Waals surface area (Å²) in [4.78, 5) is 12.5. The molecule has 0 spiro atoms. The van der Waals surface area contributed by atoms with Crippen molar-refractivity contribution >= 4 is 23.6 Å². The van der Waals surface area contributed by atoms with E-state index in [1.54, 1.807) is 56.7 Å². The maximum Gasteiger partial charge on any atom is 0.262 e. The van der Waals surface area contributed by atoms with Crippen LogP contribution >= 0.6 is 11.6 Å². The predicted octanol–water partition coefficient (Wildman–Crippen LogP) is 5.16. The van der Waals surface area contributed by atoms with Crippen molar-refractivity contribution in [3.8, 4) is 23.3 Å². The molecule has 1 amide bonds. The van der Waals surface area contributed by atoms with E-state index >= 15 is 0 Å². The van der Waals surface area contributed by atoms with Gasteiger partial charge in [0.15, 0.2) is 0 Å². The van der Waals surface area contributed by atoms with Gasteiger partial charge in [0.2, 0.25) is 0 Å². The van der Waals surface area contributed by atoms with Crippen LogP contribution in [0.25, 0.3) is 6.08 Å². The smallest absolute Gasteiger partial charge is 0.262 e. The van der Waals surface area contributed by atoms with Gasteiger partial charge in [0.25, 0.3) is 5.91 Å². The fraction of sp³-hybridized carbons (Fsp3) is 0.154. The minimum atomic E-state index is -0.474. The number of benzene rings is 3. The molecular weight excluding hydrogens is 440 g/mol. The van der Waals surface area contributed by atoms with Gasteiger partial charge in [0.05, 0.1) is 14.2 Å². The Labute approximate surface area is 198 Å². The highest BCUT2D eigenvalue weighted by molar-refractivity contribution is 6.30. The number of nitrogens with zero attached hydrogens (tertiary/aromatic N) is 1. The molecule has 7 heteroatoms. The normalized spacial score (nSPS) is 10.8. The average molecular weight is 463 g/mol. The van der Waals surface area contributed by atoms with Crippen molar-refractivity contribution in [2.45, 2.75) is 13.2 Å². The molecule has 0 heterocycles. The zero-order valence-electron chi connectivity index (χ0n) is 18.3. The zero-order chi connectivity index (χ0) is 23.6. The second kappa shape index (κ2) is 11.6. The summed E-state index contributed by atoms with van der Waals surface area (Å²) in [6.07, 6.45) is 1.53. The van der Waals surface area contributed by atoms with Gasteiger partial charge in [-0.15, -0.1) is 0 Å². The Morgan fingerprint density at radius 1 is 1.00 bits per heavy atom. The van der Waals surface area contributed by atoms with E-state index in [1.165, 1.54) is 6.08 Å². The number of carbonyl (C=O) groups excluding carboxylic acids is 1. The lowest BCUT2D eigenvalue weighted by atomic mass is 10.1. The number of nitrogens with one attached hydrogen (secondary N) is 1. The average Bonchev–Trinajstić information content (AvgIpc) is 2.86. The molecule has 0 aliphatic rings. The van der Waals surface area contributed by atoms with Gasteiger partial charge in [-0.1, -0.05) is 35.9 Å². The Bertz CT molecular complexity index is 1170. The minimum absolute atomic E-state index is 0.00249. The maximum atomic E-state index is 12.5. The maximum absolute atomic E-state index is 12.5. The van der Waals surface area contributed by atoms with E-state index in [-0.39, 0.29) is 12.1 Å². The van der Waals surface area contributed by atoms with Gasteiger partial charge >= 0.3 is 0 Å². The van der Waals surface area contributed by atoms with Gasteiger partial charge < -0.3 is 19.5 Å². The lowest BCUT2D eigenvalue weighted by Gasteiger charge is -2.11. The first-order chi connectivity index (χ1) is 16.0. The monoisotopic (exact) mass is 462 g/mol. The van der Waals surface area contributed by atoms with Crippen molar-refractivity contribution < 1.29 is 19.0 Å². The number of hydrogen-bond acceptors (Lipinski definition) is 5. The molecule has 0 aliphatic carbocycles. The second-order valence-electron chi connectivity index (χ2n) is 7.01. The summed E-state index contributed by atoms with van der Waals surface area (Å²) in [5.74, 6) is 1.45. The zero-order valence-corrected chi connectivity index (χ0v) is 19.1. The van der Waals surface area contributed by atoms with E-state index in [0.717, 1.165) is 11.1 Å². The summed E-state index contributed by atoms with van der Waals surface area (Å²) >= 11 is 5.89. The van der Waals surface area contributed by atoms with Crippen molar-refractivity contribution in [1.82, 2.24) is 5.32 Å². The van der Waals surface area contributed by atoms with Gasteiger partial charge in [0.1, 0.15) is 35.5 Å². The van der Waals surface area contributed by atoms with Crippen molar-refractivity contribution in [2.24, 2.45) is 0 Å². The quantitative estimate of drug-likeness (QED) is 0.351. The predicted molar refractivity (Wildman–Crippen MR) is 127 cm³/mol. The third-order valence-corrected chi connectivity index (χ3v) is 5.06. The molecular formula is C26H23ClN2O4. The topological polar surface area (TPSA) is 80.6 Å². The van der Waals surface area contributed by atoms with Crippen molar-refractivity contribution in [2.75, 3.05) is 14.2 Å². The Morgan fingerprint density at radius 3 is 2.33 bits per heavy atom. The van der Waals surface area contributed by atoms with Crippen LogP contribution in [-0.4, -0.2) is 20.1 Å². The Balaban J connectivity index is 1.60. The number of methoxy groups -OCH3 is 2. The number of amides is 1. The number of hydrogen-bond donors (Lipinski definition) is 1. The van der Waals surface area contributed by atoms with Crippen LogP contribution in [0.1, 0.15) is 16.7 Å². The van der Waals surface area contributed by atoms with Crippen molar-refractivity contribution in [1.29, 1.82) is 5.26 Å². The van der Waals surface area contributed by atoms with Crippen molar-refractivity contribution in [3.63, 3.8) is 0 Å². The lowest BCUT2D eigenvalue weighted by molar-refractivity contribution is -0.117. The van der Waals surface area contributed by atoms with Crippen LogP contribution in [0.3, 0.4) is 0 Å². The van der Waals surface area contributed by atoms with Crippen molar-refractivity contribution in [3.05, 3.63) is 94.0 Å². The number of ether oxygens (including phenoxy) is 3. The van der Waals surface area contributed by atoms with E-state index < -0.39 is 5.91 Å². The van der Waals surface area contributed by atoms with Gasteiger partial charge in [-0.2, -0.15) is 5.26 Å². The fourth-order valence-electron chi connectivity index (χ4n) is 2.99. The van der Waals surface area contributed by atoms with Crippen LogP contribution in [0.15, 0.2) is 72.3 Å². The first-order valence-corrected chi connectivity index (χ1v) is 10.5. The third kappa shape index (κ3) is 6.76. The third-order valence-electron chi connectivity index (χ3n) is 4.81. The second-order valence-corrected chi connectivity index (χ2v) is 7.45. The SMILES string of the molecule is COc1ccc(CNC(=O)/C(C#N)=C/c2ccc(OCc3ccc(Cl)cc3)cc2)c(OC)c1. The number of halogens is 1. The largest absolute Gasteiger partial charge is 0.497 e. The van der Waals surface area contributed by atoms with E-state index in [2.05, 4.69) is 5.32 Å². The van der Waals surface area contributed by atoms with Crippen LogP contribution in [0.2, 0.25) is 5.02 Å². The summed E-state index contributed by atoms with van der Waals surface area (Å²) in [5.41, 5.74) is 2.48. The summed E-state index contributed by atoms with van der Waals surface area (Å²) in [6, 6.07) is 21.8. The van der Waals surface area contributed by atoms with Crippen LogP contribution in [0.5, 0.6) is 17.2 Å². The van der Waals surface area contributed by atoms with E-state index in [1.807, 2.05) is 30.3 Å². The van der Waals surface area contributed by atoms with Gasteiger partial charge in [0, 0.05) is 23.2 Å². The van der Waals surface area contributed by atoms with Gasteiger partial charge in [-0.05, 0) is 53.6 Å². The molecule has 0 radical (unpaired) electrons. The fourth-order valence-corrected chi connectivity index (χ4v) is 3.12. The molecule has 0 unspecified atom stereocenters. The number of nitriles is 1. The number of rotatable bonds is 9. The first kappa shape index (κ1) is 23.7. The lowest BCUT2D eigenvalue weighted by Crippen LogP contribution is -2.24. The minimum Gasteiger partial charge on any atom is -0.497 e. The molecule has 168 valence electrons. The molecule has 0 atom stereocenters. The van der Waals surface area contributed by atoms with Crippen LogP contribution in [0, 0.1) is 11.3 Å². The molecule has 0 saturated heterocycles. The Morgan fingerprint density at radius 2 is 1.70 bits per heavy atom. The van der Waals surface area contributed by atoms with Gasteiger partial charge in [-0.25, -0.2) is 0 Å². The van der Waals surface area contributed by atoms with Crippen LogP contribution in [0.4, 0.5) is 0 Å². The molecule has 0 fully saturated rings. The molecule has 0 bridgehead atoms. The van der Waals surface area contributed by atoms with Gasteiger partial charge in [-0.3, -0.25) is 4.79 Å². The molecule has 3 aromatic carbocycles. The first-order valence-electron chi connectivity index (χ1n) is 10.1. The molecule has 33 heavy (non-hydrogen) atoms. The standard InChI is InChI=1S/C26H23ClN2O4/c1-31-24-12-7-20(25(14-24)32-2)16-29-26(30)21(15-28)13-18-5-10-23(11-6-18)33-17-19-3-8-22(27)9-4-19/h3-14H,16-17H2,1-2H3,(H,29,30)/b21-13+.